The Labute approximate surface area is 196 Å². The fourth-order valence-electron chi connectivity index (χ4n) is 4.80. The first kappa shape index (κ1) is 22.7. The van der Waals surface area contributed by atoms with Gasteiger partial charge in [0, 0.05) is 39.6 Å². The van der Waals surface area contributed by atoms with Crippen molar-refractivity contribution in [1.82, 2.24) is 14.8 Å². The van der Waals surface area contributed by atoms with E-state index in [0.717, 1.165) is 24.0 Å². The van der Waals surface area contributed by atoms with Crippen LogP contribution in [0.25, 0.3) is 11.1 Å². The fourth-order valence-corrected chi connectivity index (χ4v) is 4.80. The predicted octanol–water partition coefficient (Wildman–Crippen LogP) is 4.61. The normalized spacial score (nSPS) is 18.1. The van der Waals surface area contributed by atoms with Crippen LogP contribution in [-0.4, -0.2) is 53.8 Å². The number of aromatic nitrogens is 1. The van der Waals surface area contributed by atoms with Gasteiger partial charge in [-0.3, -0.25) is 14.6 Å². The van der Waals surface area contributed by atoms with E-state index in [1.165, 1.54) is 11.1 Å². The fraction of sp³-hybridized carbons (Fsp3) is 0.321. The zero-order valence-electron chi connectivity index (χ0n) is 19.6. The number of carbonyl (C=O) groups excluding carboxylic acids is 2. The van der Waals surface area contributed by atoms with E-state index in [0.29, 0.717) is 25.1 Å². The Morgan fingerprint density at radius 1 is 1.00 bits per heavy atom. The first-order chi connectivity index (χ1) is 15.9. The molecule has 1 atom stereocenters. The van der Waals surface area contributed by atoms with Crippen LogP contribution < -0.4 is 0 Å². The molecule has 0 N–H and O–H groups in total. The van der Waals surface area contributed by atoms with Gasteiger partial charge in [0.1, 0.15) is 0 Å². The van der Waals surface area contributed by atoms with Crippen LogP contribution in [0.3, 0.4) is 0 Å². The second kappa shape index (κ2) is 9.57. The topological polar surface area (TPSA) is 53.5 Å². The second-order valence-electron chi connectivity index (χ2n) is 9.29. The molecule has 0 radical (unpaired) electrons. The van der Waals surface area contributed by atoms with Gasteiger partial charge in [-0.05, 0) is 55.0 Å². The van der Waals surface area contributed by atoms with Crippen molar-refractivity contribution >= 4 is 11.8 Å². The molecule has 33 heavy (non-hydrogen) atoms. The van der Waals surface area contributed by atoms with Gasteiger partial charge in [0.05, 0.1) is 11.0 Å². The highest BCUT2D eigenvalue weighted by molar-refractivity contribution is 5.94. The molecule has 0 unspecified atom stereocenters. The number of piperidine rings is 1. The van der Waals surface area contributed by atoms with Crippen LogP contribution in [0.1, 0.15) is 34.3 Å². The van der Waals surface area contributed by atoms with Gasteiger partial charge in [-0.1, -0.05) is 54.1 Å². The third kappa shape index (κ3) is 4.98. The quantitative estimate of drug-likeness (QED) is 0.581. The van der Waals surface area contributed by atoms with Gasteiger partial charge in [0.25, 0.3) is 5.91 Å². The summed E-state index contributed by atoms with van der Waals surface area (Å²) in [5, 5.41) is 0. The van der Waals surface area contributed by atoms with Gasteiger partial charge >= 0.3 is 0 Å². The van der Waals surface area contributed by atoms with Gasteiger partial charge in [-0.2, -0.15) is 0 Å². The van der Waals surface area contributed by atoms with Gasteiger partial charge in [0.15, 0.2) is 0 Å². The van der Waals surface area contributed by atoms with Gasteiger partial charge in [-0.15, -0.1) is 0 Å². The lowest BCUT2D eigenvalue weighted by atomic mass is 9.73. The summed E-state index contributed by atoms with van der Waals surface area (Å²) in [5.41, 5.74) is 4.61. The molecular formula is C28H31N3O2. The molecule has 0 spiro atoms. The van der Waals surface area contributed by atoms with E-state index in [9.17, 15) is 9.59 Å². The molecule has 5 nitrogen and oxygen atoms in total. The number of aryl methyl sites for hydroxylation is 1. The number of pyridine rings is 1. The monoisotopic (exact) mass is 441 g/mol. The Morgan fingerprint density at radius 2 is 1.67 bits per heavy atom. The highest BCUT2D eigenvalue weighted by Crippen LogP contribution is 2.36. The number of likely N-dealkylation sites (tertiary alicyclic amines) is 1. The molecule has 5 heteroatoms. The Kier molecular flexibility index (Phi) is 6.59. The Hall–Kier alpha value is -3.47. The lowest BCUT2D eigenvalue weighted by Crippen LogP contribution is -2.54. The lowest BCUT2D eigenvalue weighted by molar-refractivity contribution is -0.142. The molecule has 1 fully saturated rings. The molecule has 1 aromatic heterocycles. The minimum absolute atomic E-state index is 0.0616. The van der Waals surface area contributed by atoms with E-state index in [2.05, 4.69) is 60.4 Å². The zero-order chi connectivity index (χ0) is 23.4. The van der Waals surface area contributed by atoms with Crippen molar-refractivity contribution in [2.24, 2.45) is 5.41 Å². The Balaban J connectivity index is 1.58. The molecule has 170 valence electrons. The third-order valence-corrected chi connectivity index (χ3v) is 6.51. The highest BCUT2D eigenvalue weighted by atomic mass is 16.2. The maximum absolute atomic E-state index is 13.4. The number of benzene rings is 2. The number of hydrogen-bond acceptors (Lipinski definition) is 3. The minimum Gasteiger partial charge on any atom is -0.348 e. The van der Waals surface area contributed by atoms with Crippen LogP contribution >= 0.6 is 0 Å². The van der Waals surface area contributed by atoms with Crippen molar-refractivity contribution < 1.29 is 9.59 Å². The van der Waals surface area contributed by atoms with Crippen molar-refractivity contribution in [2.45, 2.75) is 26.2 Å². The summed E-state index contributed by atoms with van der Waals surface area (Å²) in [5.74, 6) is 0.0160. The summed E-state index contributed by atoms with van der Waals surface area (Å²) in [6, 6.07) is 20.5. The first-order valence-electron chi connectivity index (χ1n) is 11.4. The average Bonchev–Trinajstić information content (AvgIpc) is 2.85. The molecule has 1 aliphatic rings. The summed E-state index contributed by atoms with van der Waals surface area (Å²) in [6.07, 6.45) is 5.42. The van der Waals surface area contributed by atoms with Crippen LogP contribution in [0.5, 0.6) is 0 Å². The predicted molar refractivity (Wildman–Crippen MR) is 131 cm³/mol. The van der Waals surface area contributed by atoms with E-state index in [1.54, 1.807) is 43.5 Å². The summed E-state index contributed by atoms with van der Waals surface area (Å²) in [7, 11) is 3.60. The zero-order valence-corrected chi connectivity index (χ0v) is 19.6. The summed E-state index contributed by atoms with van der Waals surface area (Å²) in [4.78, 5) is 34.1. The smallest absolute Gasteiger partial charge is 0.255 e. The van der Waals surface area contributed by atoms with Crippen molar-refractivity contribution in [2.75, 3.05) is 27.2 Å². The Bertz CT molecular complexity index is 1110. The maximum atomic E-state index is 13.4. The summed E-state index contributed by atoms with van der Waals surface area (Å²) >= 11 is 0. The van der Waals surface area contributed by atoms with E-state index in [1.807, 2.05) is 4.90 Å². The highest BCUT2D eigenvalue weighted by Gasteiger charge is 2.44. The van der Waals surface area contributed by atoms with E-state index in [4.69, 9.17) is 0 Å². The number of rotatable bonds is 5. The van der Waals surface area contributed by atoms with Crippen LogP contribution in [0.2, 0.25) is 0 Å². The molecule has 0 saturated carbocycles. The molecule has 3 aromatic rings. The minimum atomic E-state index is -0.634. The number of hydrogen-bond donors (Lipinski definition) is 0. The number of nitrogens with zero attached hydrogens (tertiary/aromatic N) is 3. The van der Waals surface area contributed by atoms with E-state index < -0.39 is 5.41 Å². The molecular weight excluding hydrogens is 410 g/mol. The van der Waals surface area contributed by atoms with E-state index >= 15 is 0 Å². The SMILES string of the molecule is Cc1ccc(-c2ccc(C[C@]3(C(=O)N(C)C)CCCN(C(=O)c4cccnc4)C3)cc2)cc1. The molecule has 2 aromatic carbocycles. The van der Waals surface area contributed by atoms with E-state index in [-0.39, 0.29) is 11.8 Å². The largest absolute Gasteiger partial charge is 0.348 e. The lowest BCUT2D eigenvalue weighted by Gasteiger charge is -2.43. The number of carbonyl (C=O) groups is 2. The molecule has 2 amide bonds. The molecule has 1 aliphatic heterocycles. The van der Waals surface area contributed by atoms with Crippen molar-refractivity contribution in [1.29, 1.82) is 0 Å². The first-order valence-corrected chi connectivity index (χ1v) is 11.4. The van der Waals surface area contributed by atoms with Crippen LogP contribution in [-0.2, 0) is 11.2 Å². The molecule has 0 bridgehead atoms. The second-order valence-corrected chi connectivity index (χ2v) is 9.29. The van der Waals surface area contributed by atoms with Crippen LogP contribution in [0.15, 0.2) is 73.1 Å². The number of amides is 2. The summed E-state index contributed by atoms with van der Waals surface area (Å²) < 4.78 is 0. The van der Waals surface area contributed by atoms with Gasteiger partial charge in [-0.25, -0.2) is 0 Å². The molecule has 2 heterocycles. The Morgan fingerprint density at radius 3 is 2.27 bits per heavy atom. The standard InChI is InChI=1S/C28H31N3O2/c1-21-7-11-23(12-8-21)24-13-9-22(10-14-24)18-28(27(33)30(2)3)15-5-17-31(20-28)26(32)25-6-4-16-29-19-25/h4,6-14,16,19H,5,15,17-18,20H2,1-3H3/t28-/m1/s1. The summed E-state index contributed by atoms with van der Waals surface area (Å²) in [6.45, 7) is 3.15. The van der Waals surface area contributed by atoms with Crippen molar-refractivity contribution in [3.05, 3.63) is 89.7 Å². The van der Waals surface area contributed by atoms with Crippen molar-refractivity contribution in [3.8, 4) is 11.1 Å². The van der Waals surface area contributed by atoms with Gasteiger partial charge in [0.2, 0.25) is 5.91 Å². The van der Waals surface area contributed by atoms with Crippen LogP contribution in [0, 0.1) is 12.3 Å². The van der Waals surface area contributed by atoms with Crippen molar-refractivity contribution in [3.63, 3.8) is 0 Å². The molecule has 1 saturated heterocycles. The maximum Gasteiger partial charge on any atom is 0.255 e. The third-order valence-electron chi connectivity index (χ3n) is 6.51. The van der Waals surface area contributed by atoms with Crippen LogP contribution in [0.4, 0.5) is 0 Å². The van der Waals surface area contributed by atoms with Gasteiger partial charge < -0.3 is 9.80 Å². The molecule has 4 rings (SSSR count). The molecule has 0 aliphatic carbocycles. The average molecular weight is 442 g/mol.